The molecule has 0 spiro atoms. The number of halogens is 1. The Labute approximate surface area is 233 Å². The number of hydrogen-bond donors (Lipinski definition) is 2. The lowest BCUT2D eigenvalue weighted by atomic mass is 9.54. The van der Waals surface area contributed by atoms with Crippen molar-refractivity contribution in [1.29, 1.82) is 0 Å². The molecule has 0 saturated carbocycles. The fourth-order valence-electron chi connectivity index (χ4n) is 6.74. The molecule has 1 aliphatic heterocycles. The van der Waals surface area contributed by atoms with Crippen LogP contribution in [0.5, 0.6) is 5.75 Å². The monoisotopic (exact) mass is 576 g/mol. The highest BCUT2D eigenvalue weighted by Gasteiger charge is 2.53. The Hall–Kier alpha value is -2.48. The molecule has 4 atom stereocenters. The molecule has 0 amide bonds. The van der Waals surface area contributed by atoms with Gasteiger partial charge in [-0.05, 0) is 68.1 Å². The average Bonchev–Trinajstić information content (AvgIpc) is 2.91. The van der Waals surface area contributed by atoms with Gasteiger partial charge in [0.25, 0.3) is 0 Å². The highest BCUT2D eigenvalue weighted by molar-refractivity contribution is 9.10. The van der Waals surface area contributed by atoms with Crippen LogP contribution in [0, 0.1) is 17.8 Å². The molecule has 5 nitrogen and oxygen atoms in total. The quantitative estimate of drug-likeness (QED) is 0.273. The van der Waals surface area contributed by atoms with E-state index in [1.165, 1.54) is 11.1 Å². The van der Waals surface area contributed by atoms with E-state index < -0.39 is 13.0 Å². The maximum absolute atomic E-state index is 13.8. The Morgan fingerprint density at radius 1 is 1.11 bits per heavy atom. The molecule has 0 bridgehead atoms. The fourth-order valence-corrected chi connectivity index (χ4v) is 7.11. The predicted molar refractivity (Wildman–Crippen MR) is 153 cm³/mol. The van der Waals surface area contributed by atoms with Crippen molar-refractivity contribution in [3.05, 3.63) is 80.3 Å². The summed E-state index contributed by atoms with van der Waals surface area (Å²) in [7, 11) is -0.973. The molecule has 7 heteroatoms. The molecule has 0 radical (unpaired) electrons. The van der Waals surface area contributed by atoms with Crippen LogP contribution in [0.2, 0.25) is 6.32 Å². The first-order valence-corrected chi connectivity index (χ1v) is 14.5. The summed E-state index contributed by atoms with van der Waals surface area (Å²) in [5, 5.41) is 21.1. The first-order chi connectivity index (χ1) is 18.3. The molecule has 5 rings (SSSR count). The van der Waals surface area contributed by atoms with Crippen LogP contribution in [0.4, 0.5) is 0 Å². The van der Waals surface area contributed by atoms with Gasteiger partial charge in [0.1, 0.15) is 5.75 Å². The molecule has 2 aromatic rings. The molecule has 1 saturated heterocycles. The number of phenols is 1. The van der Waals surface area contributed by atoms with Crippen LogP contribution in [0.15, 0.2) is 63.7 Å². The average molecular weight is 577 g/mol. The van der Waals surface area contributed by atoms with E-state index in [9.17, 15) is 19.7 Å². The van der Waals surface area contributed by atoms with Gasteiger partial charge >= 0.3 is 7.12 Å². The molecule has 0 unspecified atom stereocenters. The Balaban J connectivity index is 1.47. The second kappa shape index (κ2) is 11.3. The van der Waals surface area contributed by atoms with Gasteiger partial charge in [-0.1, -0.05) is 77.7 Å². The molecule has 0 aromatic heterocycles. The third-order valence-corrected chi connectivity index (χ3v) is 8.94. The van der Waals surface area contributed by atoms with Crippen LogP contribution < -0.4 is 0 Å². The van der Waals surface area contributed by atoms with Gasteiger partial charge in [0.2, 0.25) is 0 Å². The second-order valence-corrected chi connectivity index (χ2v) is 11.7. The molecule has 2 aliphatic carbocycles. The Bertz CT molecular complexity index is 1320. The summed E-state index contributed by atoms with van der Waals surface area (Å²) in [4.78, 5) is 27.3. The van der Waals surface area contributed by atoms with Gasteiger partial charge in [-0.15, -0.1) is 0 Å². The van der Waals surface area contributed by atoms with Gasteiger partial charge in [-0.25, -0.2) is 0 Å². The summed E-state index contributed by atoms with van der Waals surface area (Å²) in [5.41, 5.74) is 5.34. The van der Waals surface area contributed by atoms with E-state index in [1.807, 2.05) is 30.3 Å². The minimum absolute atomic E-state index is 0.0235. The van der Waals surface area contributed by atoms with Crippen LogP contribution in [-0.4, -0.2) is 34.9 Å². The largest absolute Gasteiger partial charge is 0.507 e. The molecule has 3 aliphatic rings. The van der Waals surface area contributed by atoms with Gasteiger partial charge in [-0.3, -0.25) is 9.59 Å². The van der Waals surface area contributed by atoms with Crippen molar-refractivity contribution in [3.63, 3.8) is 0 Å². The summed E-state index contributed by atoms with van der Waals surface area (Å²) < 4.78 is 7.05. The Morgan fingerprint density at radius 2 is 1.84 bits per heavy atom. The topological polar surface area (TPSA) is 83.8 Å². The van der Waals surface area contributed by atoms with Crippen molar-refractivity contribution in [1.82, 2.24) is 0 Å². The maximum atomic E-state index is 13.8. The van der Waals surface area contributed by atoms with Crippen LogP contribution in [-0.2, 0) is 4.65 Å². The standard InChI is InChI=1S/C31H34BBrO5/c1-3-7-19-16-24-29(31(36)23-9-6-5-8-22(23)30(24)35)25-17-32(37)38-27(28(19)25)13-10-18(4-2)14-20-15-21(33)11-12-26(20)34/h5-6,8-9,11-12,14-15,24-25,27,29,34,37H,3-4,7,10,13,16-17H2,1-2H3/b18-14+/t24-,25+,27-,29-/m1/s1. The molecule has 2 N–H and O–H groups in total. The number of phenolic OH excluding ortho intramolecular Hbond substituents is 1. The molecule has 2 aromatic carbocycles. The van der Waals surface area contributed by atoms with E-state index in [0.717, 1.165) is 41.3 Å². The lowest BCUT2D eigenvalue weighted by Crippen LogP contribution is -2.50. The van der Waals surface area contributed by atoms with Crippen molar-refractivity contribution in [2.45, 2.75) is 64.8 Å². The normalized spacial score (nSPS) is 25.3. The van der Waals surface area contributed by atoms with Crippen molar-refractivity contribution in [2.75, 3.05) is 0 Å². The van der Waals surface area contributed by atoms with E-state index >= 15 is 0 Å². The van der Waals surface area contributed by atoms with E-state index in [2.05, 4.69) is 29.8 Å². The number of rotatable bonds is 7. The third-order valence-electron chi connectivity index (χ3n) is 8.45. The minimum atomic E-state index is -0.973. The smallest absolute Gasteiger partial charge is 0.455 e. The zero-order valence-corrected chi connectivity index (χ0v) is 23.5. The molecule has 38 heavy (non-hydrogen) atoms. The van der Waals surface area contributed by atoms with Gasteiger partial charge in [0.05, 0.1) is 6.10 Å². The van der Waals surface area contributed by atoms with Crippen LogP contribution in [0.25, 0.3) is 6.08 Å². The number of carbonyl (C=O) groups excluding carboxylic acids is 2. The first kappa shape index (κ1) is 27.1. The number of carbonyl (C=O) groups is 2. The number of aromatic hydroxyl groups is 1. The second-order valence-electron chi connectivity index (χ2n) is 10.7. The summed E-state index contributed by atoms with van der Waals surface area (Å²) >= 11 is 3.48. The van der Waals surface area contributed by atoms with Gasteiger partial charge < -0.3 is 14.8 Å². The van der Waals surface area contributed by atoms with Gasteiger partial charge in [0.15, 0.2) is 11.6 Å². The number of fused-ring (bicyclic) bond motifs is 4. The van der Waals surface area contributed by atoms with Crippen molar-refractivity contribution < 1.29 is 24.4 Å². The zero-order valence-electron chi connectivity index (χ0n) is 22.0. The number of allylic oxidation sites excluding steroid dienone is 2. The minimum Gasteiger partial charge on any atom is -0.507 e. The van der Waals surface area contributed by atoms with E-state index in [1.54, 1.807) is 18.2 Å². The summed E-state index contributed by atoms with van der Waals surface area (Å²) in [5.74, 6) is -0.707. The number of ketones is 2. The van der Waals surface area contributed by atoms with Crippen LogP contribution in [0.3, 0.4) is 0 Å². The maximum Gasteiger partial charge on any atom is 0.455 e. The van der Waals surface area contributed by atoms with Crippen molar-refractivity contribution >= 4 is 40.7 Å². The Morgan fingerprint density at radius 3 is 2.55 bits per heavy atom. The van der Waals surface area contributed by atoms with Gasteiger partial charge in [0, 0.05) is 33.0 Å². The highest BCUT2D eigenvalue weighted by Crippen LogP contribution is 2.51. The number of Topliss-reactive ketones (excluding diaryl/α,β-unsaturated/α-hetero) is 2. The fraction of sp³-hybridized carbons (Fsp3) is 0.419. The summed E-state index contributed by atoms with van der Waals surface area (Å²) in [6.45, 7) is 4.23. The molecular weight excluding hydrogens is 543 g/mol. The van der Waals surface area contributed by atoms with E-state index in [4.69, 9.17) is 4.65 Å². The van der Waals surface area contributed by atoms with Crippen LogP contribution >= 0.6 is 15.9 Å². The van der Waals surface area contributed by atoms with Crippen molar-refractivity contribution in [2.24, 2.45) is 17.8 Å². The van der Waals surface area contributed by atoms with E-state index in [0.29, 0.717) is 30.3 Å². The molecular formula is C31H34BBrO5. The first-order valence-electron chi connectivity index (χ1n) is 13.7. The van der Waals surface area contributed by atoms with Gasteiger partial charge in [-0.2, -0.15) is 0 Å². The summed E-state index contributed by atoms with van der Waals surface area (Å²) in [6, 6.07) is 12.6. The Kier molecular flexibility index (Phi) is 8.08. The predicted octanol–water partition coefficient (Wildman–Crippen LogP) is 7.04. The summed E-state index contributed by atoms with van der Waals surface area (Å²) in [6.07, 6.45) is 6.66. The zero-order chi connectivity index (χ0) is 27.0. The van der Waals surface area contributed by atoms with E-state index in [-0.39, 0.29) is 35.3 Å². The third kappa shape index (κ3) is 5.08. The van der Waals surface area contributed by atoms with Crippen LogP contribution in [0.1, 0.15) is 78.7 Å². The van der Waals surface area contributed by atoms with Crippen molar-refractivity contribution in [3.8, 4) is 5.75 Å². The molecule has 1 fully saturated rings. The molecule has 198 valence electrons. The molecule has 1 heterocycles. The number of benzene rings is 2. The lowest BCUT2D eigenvalue weighted by molar-refractivity contribution is 0.0598. The highest BCUT2D eigenvalue weighted by atomic mass is 79.9. The lowest BCUT2D eigenvalue weighted by Gasteiger charge is -2.47. The SMILES string of the molecule is CCCC1=C2[C@@H](CC/C(=C/c3cc(Br)ccc3O)CC)OB(O)C[C@@H]2[C@@H]2C(=O)c3ccccc3C(=O)[C@@H]2C1. The number of hydrogen-bond acceptors (Lipinski definition) is 5.